The molecule has 1 heterocycles. The van der Waals surface area contributed by atoms with Gasteiger partial charge >= 0.3 is 0 Å². The van der Waals surface area contributed by atoms with E-state index in [9.17, 15) is 0 Å². The van der Waals surface area contributed by atoms with Gasteiger partial charge in [-0.2, -0.15) is 0 Å². The molecule has 3 heteroatoms. The van der Waals surface area contributed by atoms with Crippen LogP contribution in [0.3, 0.4) is 0 Å². The van der Waals surface area contributed by atoms with Crippen molar-refractivity contribution in [1.29, 1.82) is 0 Å². The van der Waals surface area contributed by atoms with Crippen molar-refractivity contribution in [3.05, 3.63) is 11.3 Å². The van der Waals surface area contributed by atoms with Crippen LogP contribution < -0.4 is 0 Å². The van der Waals surface area contributed by atoms with Crippen molar-refractivity contribution in [3.63, 3.8) is 0 Å². The fourth-order valence-corrected chi connectivity index (χ4v) is 5.96. The quantitative estimate of drug-likeness (QED) is 0.378. The number of hydrogen-bond donors (Lipinski definition) is 0. The zero-order valence-corrected chi connectivity index (χ0v) is 13.0. The smallest absolute Gasteiger partial charge is 0.138 e. The molecule has 0 unspecified atom stereocenters. The first-order valence-corrected chi connectivity index (χ1v) is 8.73. The molecule has 0 bridgehead atoms. The van der Waals surface area contributed by atoms with E-state index in [0.717, 1.165) is 9.93 Å². The molecule has 0 aromatic carbocycles. The summed E-state index contributed by atoms with van der Waals surface area (Å²) in [5.41, 5.74) is 3.27. The maximum atomic E-state index is 5.68. The lowest BCUT2D eigenvalue weighted by atomic mass is 9.93. The van der Waals surface area contributed by atoms with E-state index in [0.29, 0.717) is 0 Å². The summed E-state index contributed by atoms with van der Waals surface area (Å²) in [5, 5.41) is 0. The van der Waals surface area contributed by atoms with Crippen LogP contribution in [0.4, 0.5) is 0 Å². The van der Waals surface area contributed by atoms with Gasteiger partial charge in [0.05, 0.1) is 7.05 Å². The molecular weight excluding hydrogens is 258 g/mol. The van der Waals surface area contributed by atoms with Gasteiger partial charge in [0.1, 0.15) is 27.9 Å². The molecule has 0 aromatic heterocycles. The van der Waals surface area contributed by atoms with Gasteiger partial charge in [-0.1, -0.05) is 25.1 Å². The van der Waals surface area contributed by atoms with Crippen LogP contribution in [-0.2, 0) is 0 Å². The zero-order chi connectivity index (χ0) is 12.6. The maximum Gasteiger partial charge on any atom is 0.138 e. The number of nitrogens with zero attached hydrogens (tertiary/aromatic N) is 1. The molecular formula is C15H24NS2+. The van der Waals surface area contributed by atoms with Crippen molar-refractivity contribution >= 4 is 28.4 Å². The highest BCUT2D eigenvalue weighted by molar-refractivity contribution is 8.20. The highest BCUT2D eigenvalue weighted by atomic mass is 32.2. The standard InChI is InChI=1S/C15H24NS2/c1-16(12-8-4-2-5-9-12)14-11-7-3-6-10-13(14)15(17)18-16/h12H,2-11H2,1H3/q+1/t16-/m0/s1. The van der Waals surface area contributed by atoms with E-state index in [1.807, 2.05) is 11.9 Å². The number of allylic oxidation sites excluding steroid dienone is 1. The molecule has 1 aliphatic heterocycles. The number of rotatable bonds is 1. The predicted molar refractivity (Wildman–Crippen MR) is 83.4 cm³/mol. The van der Waals surface area contributed by atoms with E-state index in [1.165, 1.54) is 68.4 Å². The molecule has 1 fully saturated rings. The first-order chi connectivity index (χ1) is 8.72. The molecule has 18 heavy (non-hydrogen) atoms. The highest BCUT2D eigenvalue weighted by Crippen LogP contribution is 2.50. The molecule has 0 aromatic rings. The first-order valence-electron chi connectivity index (χ1n) is 7.54. The summed E-state index contributed by atoms with van der Waals surface area (Å²) >= 11 is 7.67. The average molecular weight is 282 g/mol. The second kappa shape index (κ2) is 5.26. The molecule has 1 saturated carbocycles. The van der Waals surface area contributed by atoms with E-state index in [-0.39, 0.29) is 0 Å². The van der Waals surface area contributed by atoms with Crippen molar-refractivity contribution < 1.29 is 3.89 Å². The molecule has 1 atom stereocenters. The molecule has 0 saturated heterocycles. The summed E-state index contributed by atoms with van der Waals surface area (Å²) in [6.45, 7) is 0. The lowest BCUT2D eigenvalue weighted by molar-refractivity contribution is -0.763. The molecule has 0 N–H and O–H groups in total. The van der Waals surface area contributed by atoms with Crippen LogP contribution in [0, 0.1) is 0 Å². The maximum absolute atomic E-state index is 5.68. The first kappa shape index (κ1) is 13.1. The molecule has 0 spiro atoms. The number of hydrogen-bond acceptors (Lipinski definition) is 2. The molecule has 1 nitrogen and oxygen atoms in total. The largest absolute Gasteiger partial charge is 0.228 e. The minimum absolute atomic E-state index is 0.826. The number of quaternary nitrogens is 1. The zero-order valence-electron chi connectivity index (χ0n) is 11.4. The third-order valence-corrected chi connectivity index (χ3v) is 6.80. The third-order valence-electron chi connectivity index (χ3n) is 5.02. The SMILES string of the molecule is C[N@@+]1(C2CCCCC2)SC(=S)C2=C1CCCCC2. The number of thiocarbonyl (C=S) groups is 1. The Morgan fingerprint density at radius 1 is 1.00 bits per heavy atom. The van der Waals surface area contributed by atoms with Gasteiger partial charge in [0.2, 0.25) is 0 Å². The van der Waals surface area contributed by atoms with Crippen LogP contribution in [0.2, 0.25) is 0 Å². The highest BCUT2D eigenvalue weighted by Gasteiger charge is 2.47. The summed E-state index contributed by atoms with van der Waals surface area (Å²) in [7, 11) is 2.45. The molecule has 0 amide bonds. The van der Waals surface area contributed by atoms with Crippen molar-refractivity contribution in [2.45, 2.75) is 70.3 Å². The third kappa shape index (κ3) is 2.19. The topological polar surface area (TPSA) is 0 Å². The molecule has 3 aliphatic rings. The Morgan fingerprint density at radius 2 is 1.67 bits per heavy atom. The van der Waals surface area contributed by atoms with Crippen molar-refractivity contribution in [1.82, 2.24) is 0 Å². The minimum atomic E-state index is 0.826. The van der Waals surface area contributed by atoms with Crippen LogP contribution in [0.5, 0.6) is 0 Å². The fraction of sp³-hybridized carbons (Fsp3) is 0.800. The van der Waals surface area contributed by atoms with Crippen molar-refractivity contribution in [3.8, 4) is 0 Å². The monoisotopic (exact) mass is 282 g/mol. The Kier molecular flexibility index (Phi) is 3.84. The predicted octanol–water partition coefficient (Wildman–Crippen LogP) is 4.97. The lowest BCUT2D eigenvalue weighted by Crippen LogP contribution is -2.44. The van der Waals surface area contributed by atoms with Gasteiger partial charge in [0.15, 0.2) is 0 Å². The Balaban J connectivity index is 1.91. The van der Waals surface area contributed by atoms with E-state index in [4.69, 9.17) is 12.2 Å². The average Bonchev–Trinajstić information content (AvgIpc) is 2.60. The Labute approximate surface area is 121 Å². The van der Waals surface area contributed by atoms with Gasteiger partial charge < -0.3 is 0 Å². The van der Waals surface area contributed by atoms with Gasteiger partial charge in [-0.15, -0.1) is 0 Å². The summed E-state index contributed by atoms with van der Waals surface area (Å²) < 4.78 is 2.34. The molecule has 100 valence electrons. The van der Waals surface area contributed by atoms with Crippen LogP contribution in [-0.4, -0.2) is 21.2 Å². The second-order valence-corrected chi connectivity index (χ2v) is 8.16. The second-order valence-electron chi connectivity index (χ2n) is 6.15. The van der Waals surface area contributed by atoms with E-state index < -0.39 is 0 Å². The molecule has 0 radical (unpaired) electrons. The van der Waals surface area contributed by atoms with Crippen molar-refractivity contribution in [2.75, 3.05) is 7.05 Å². The molecule has 2 aliphatic carbocycles. The van der Waals surface area contributed by atoms with E-state index in [2.05, 4.69) is 7.05 Å². The van der Waals surface area contributed by atoms with Gasteiger partial charge in [0.25, 0.3) is 0 Å². The normalized spacial score (nSPS) is 34.6. The molecule has 3 rings (SSSR count). The van der Waals surface area contributed by atoms with E-state index >= 15 is 0 Å². The van der Waals surface area contributed by atoms with Crippen LogP contribution in [0.15, 0.2) is 11.3 Å². The van der Waals surface area contributed by atoms with Crippen LogP contribution in [0.1, 0.15) is 64.2 Å². The Hall–Kier alpha value is 0.140. The van der Waals surface area contributed by atoms with Gasteiger partial charge in [-0.3, -0.25) is 0 Å². The van der Waals surface area contributed by atoms with Crippen LogP contribution in [0.25, 0.3) is 0 Å². The fourth-order valence-electron chi connectivity index (χ4n) is 3.93. The lowest BCUT2D eigenvalue weighted by Gasteiger charge is -2.39. The van der Waals surface area contributed by atoms with Gasteiger partial charge in [-0.05, 0) is 32.1 Å². The van der Waals surface area contributed by atoms with Crippen LogP contribution >= 0.6 is 24.2 Å². The summed E-state index contributed by atoms with van der Waals surface area (Å²) in [6, 6.07) is 0.826. The minimum Gasteiger partial charge on any atom is -0.228 e. The van der Waals surface area contributed by atoms with Gasteiger partial charge in [-0.25, -0.2) is 3.89 Å². The van der Waals surface area contributed by atoms with E-state index in [1.54, 1.807) is 11.3 Å². The summed E-state index contributed by atoms with van der Waals surface area (Å²) in [4.78, 5) is 0. The summed E-state index contributed by atoms with van der Waals surface area (Å²) in [6.07, 6.45) is 13.8. The Bertz CT molecular complexity index is 382. The van der Waals surface area contributed by atoms with Gasteiger partial charge in [0, 0.05) is 24.8 Å². The van der Waals surface area contributed by atoms with Crippen molar-refractivity contribution in [2.24, 2.45) is 0 Å². The Morgan fingerprint density at radius 3 is 2.44 bits per heavy atom. The summed E-state index contributed by atoms with van der Waals surface area (Å²) in [5.74, 6) is 0.